The molecule has 256 valence electrons. The molecule has 0 unspecified atom stereocenters. The minimum Gasteiger partial charge on any atom is -0.165 e. The van der Waals surface area contributed by atoms with Crippen LogP contribution in [0.15, 0.2) is 146 Å². The van der Waals surface area contributed by atoms with Gasteiger partial charge >= 0.3 is 82.0 Å². The van der Waals surface area contributed by atoms with Gasteiger partial charge in [-0.2, -0.15) is 24.3 Å². The third kappa shape index (κ3) is 16.6. The fraction of sp³-hybridized carbons (Fsp3) is 0.174. The molecule has 0 saturated heterocycles. The summed E-state index contributed by atoms with van der Waals surface area (Å²) in [6.45, 7) is 17.1. The van der Waals surface area contributed by atoms with E-state index in [1.807, 2.05) is 0 Å². The number of fused-ring (bicyclic) bond motifs is 4. The van der Waals surface area contributed by atoms with E-state index in [0.717, 1.165) is 0 Å². The van der Waals surface area contributed by atoms with Gasteiger partial charge in [0.05, 0.1) is 0 Å². The van der Waals surface area contributed by atoms with Crippen LogP contribution in [0.2, 0.25) is 0 Å². The molecule has 0 aliphatic heterocycles. The van der Waals surface area contributed by atoms with Gasteiger partial charge in [-0.05, 0) is 0 Å². The van der Waals surface area contributed by atoms with Crippen molar-refractivity contribution in [2.45, 2.75) is 55.4 Å². The van der Waals surface area contributed by atoms with E-state index in [2.05, 4.69) is 201 Å². The third-order valence-corrected chi connectivity index (χ3v) is 7.05. The van der Waals surface area contributed by atoms with Crippen LogP contribution in [0.5, 0.6) is 0 Å². The summed E-state index contributed by atoms with van der Waals surface area (Å²) >= 11 is 2.53. The topological polar surface area (TPSA) is 0 Å². The third-order valence-electron chi connectivity index (χ3n) is 7.05. The van der Waals surface area contributed by atoms with Gasteiger partial charge in [-0.15, -0.1) is 187 Å². The van der Waals surface area contributed by atoms with E-state index in [1.54, 1.807) is 6.51 Å². The molecule has 0 radical (unpaired) electrons. The van der Waals surface area contributed by atoms with Crippen LogP contribution in [-0.4, -0.2) is 6.51 Å². The van der Waals surface area contributed by atoms with Crippen LogP contribution >= 0.6 is 24.8 Å². The molecular formula is C46H50Cl2Hf2. The number of hydrogen-bond acceptors (Lipinski definition) is 0. The SMILES string of the molecule is C[C](C)=[Hf+2].C[C](C)=[Hf+2].Cc1cc2ccccc2[cH-]1.Cc1cc2ccccc2[cH-]1.Cc1cc2ccccc2[cH-]1.Cc1cc2ccccc2[cH-]1.Cl.Cl. The molecule has 8 aromatic carbocycles. The number of hydrogen-bond donors (Lipinski definition) is 0. The first kappa shape index (κ1) is 45.4. The summed E-state index contributed by atoms with van der Waals surface area (Å²) in [6, 6.07) is 51.3. The Morgan fingerprint density at radius 2 is 0.520 bits per heavy atom. The Bertz CT molecular complexity index is 1730. The number of benzene rings is 4. The van der Waals surface area contributed by atoms with Gasteiger partial charge in [0, 0.05) is 0 Å². The van der Waals surface area contributed by atoms with Crippen molar-refractivity contribution in [3.05, 3.63) is 168 Å². The van der Waals surface area contributed by atoms with Crippen LogP contribution in [0.3, 0.4) is 0 Å². The summed E-state index contributed by atoms with van der Waals surface area (Å²) in [7, 11) is 0. The van der Waals surface area contributed by atoms with Crippen molar-refractivity contribution in [1.82, 2.24) is 0 Å². The minimum absolute atomic E-state index is 0. The molecule has 0 spiro atoms. The van der Waals surface area contributed by atoms with E-state index < -0.39 is 0 Å². The zero-order chi connectivity index (χ0) is 35.1. The normalized spacial score (nSPS) is 9.52. The Hall–Kier alpha value is -2.62. The van der Waals surface area contributed by atoms with E-state index in [-0.39, 0.29) is 24.8 Å². The molecule has 50 heavy (non-hydrogen) atoms. The molecule has 0 nitrogen and oxygen atoms in total. The summed E-state index contributed by atoms with van der Waals surface area (Å²) in [5.74, 6) is 0. The van der Waals surface area contributed by atoms with Crippen LogP contribution < -0.4 is 0 Å². The van der Waals surface area contributed by atoms with Crippen LogP contribution in [-0.2, 0) is 47.8 Å². The van der Waals surface area contributed by atoms with Gasteiger partial charge < -0.3 is 0 Å². The summed E-state index contributed by atoms with van der Waals surface area (Å²) < 4.78 is 3.11. The fourth-order valence-electron chi connectivity index (χ4n) is 5.22. The standard InChI is InChI=1S/4C10H9.2C3H6.2ClH.2Hf/c4*1-8-6-9-4-2-3-5-10(9)7-8;2*1-3-2;;;;/h4*2-7H,1H3;2*1-2H3;2*1H;;/q4*-1;;;;;2*+2. The van der Waals surface area contributed by atoms with Gasteiger partial charge in [-0.3, -0.25) is 0 Å². The molecule has 4 heteroatoms. The maximum Gasteiger partial charge on any atom is -0.0579 e. The van der Waals surface area contributed by atoms with Crippen LogP contribution in [0, 0.1) is 27.7 Å². The molecule has 0 aromatic heterocycles. The summed E-state index contributed by atoms with van der Waals surface area (Å²) in [5, 5.41) is 10.8. The minimum atomic E-state index is 0. The molecule has 0 amide bonds. The van der Waals surface area contributed by atoms with Gasteiger partial charge in [0.2, 0.25) is 0 Å². The van der Waals surface area contributed by atoms with Crippen molar-refractivity contribution in [3.63, 3.8) is 0 Å². The zero-order valence-corrected chi connectivity index (χ0v) is 39.5. The van der Waals surface area contributed by atoms with Gasteiger partial charge in [0.1, 0.15) is 0 Å². The Balaban J connectivity index is 0.000000308. The van der Waals surface area contributed by atoms with Gasteiger partial charge in [0.25, 0.3) is 0 Å². The predicted octanol–water partition coefficient (Wildman–Crippen LogP) is 13.8. The van der Waals surface area contributed by atoms with E-state index in [0.29, 0.717) is 0 Å². The van der Waals surface area contributed by atoms with Crippen molar-refractivity contribution in [1.29, 1.82) is 0 Å². The molecule has 0 aliphatic rings. The number of rotatable bonds is 0. The quantitative estimate of drug-likeness (QED) is 0.105. The van der Waals surface area contributed by atoms with Crippen molar-refractivity contribution >= 4 is 74.4 Å². The van der Waals surface area contributed by atoms with E-state index in [9.17, 15) is 0 Å². The summed E-state index contributed by atoms with van der Waals surface area (Å²) in [6.07, 6.45) is 0. The van der Waals surface area contributed by atoms with Gasteiger partial charge in [-0.1, -0.05) is 52.0 Å². The van der Waals surface area contributed by atoms with Crippen LogP contribution in [0.25, 0.3) is 43.1 Å². The molecule has 0 heterocycles. The van der Waals surface area contributed by atoms with Crippen molar-refractivity contribution < 1.29 is 47.8 Å². The fourth-order valence-corrected chi connectivity index (χ4v) is 5.22. The van der Waals surface area contributed by atoms with Gasteiger partial charge in [0.15, 0.2) is 0 Å². The Morgan fingerprint density at radius 1 is 0.360 bits per heavy atom. The van der Waals surface area contributed by atoms with Crippen LogP contribution in [0.4, 0.5) is 0 Å². The van der Waals surface area contributed by atoms with Crippen molar-refractivity contribution in [2.75, 3.05) is 0 Å². The van der Waals surface area contributed by atoms with Crippen LogP contribution in [0.1, 0.15) is 49.9 Å². The second-order valence-electron chi connectivity index (χ2n) is 12.6. The Labute approximate surface area is 342 Å². The molecule has 0 aliphatic carbocycles. The van der Waals surface area contributed by atoms with E-state index in [4.69, 9.17) is 0 Å². The Kier molecular flexibility index (Phi) is 21.6. The first-order valence-corrected chi connectivity index (χ1v) is 20.0. The second-order valence-corrected chi connectivity index (χ2v) is 19.8. The molecule has 0 bridgehead atoms. The zero-order valence-electron chi connectivity index (χ0n) is 30.7. The maximum absolute atomic E-state index is 2.20. The van der Waals surface area contributed by atoms with Crippen molar-refractivity contribution in [2.24, 2.45) is 0 Å². The first-order valence-electron chi connectivity index (χ1n) is 16.4. The monoisotopic (exact) mass is 1030 g/mol. The average Bonchev–Trinajstić information content (AvgIpc) is 3.79. The molecule has 8 aromatic rings. The number of halogens is 2. The first-order chi connectivity index (χ1) is 22.9. The molecule has 0 saturated carbocycles. The molecule has 0 fully saturated rings. The second kappa shape index (κ2) is 23.8. The Morgan fingerprint density at radius 3 is 0.680 bits per heavy atom. The number of aryl methyl sites for hydroxylation is 4. The van der Waals surface area contributed by atoms with Gasteiger partial charge in [-0.25, -0.2) is 0 Å². The average molecular weight is 1030 g/mol. The summed E-state index contributed by atoms with van der Waals surface area (Å²) in [4.78, 5) is 0. The molecule has 0 atom stereocenters. The molecule has 0 N–H and O–H groups in total. The molecular weight excluding hydrogens is 980 g/mol. The van der Waals surface area contributed by atoms with E-state index in [1.165, 1.54) is 113 Å². The summed E-state index contributed by atoms with van der Waals surface area (Å²) in [5.41, 5.74) is 5.39. The smallest absolute Gasteiger partial charge is 0.0579 e. The predicted molar refractivity (Wildman–Crippen MR) is 224 cm³/mol. The molecule has 8 rings (SSSR count). The maximum atomic E-state index is 2.20. The van der Waals surface area contributed by atoms with Crippen molar-refractivity contribution in [3.8, 4) is 0 Å². The largest absolute Gasteiger partial charge is 0.165 e. The van der Waals surface area contributed by atoms with E-state index >= 15 is 0 Å².